The molecule has 0 aliphatic carbocycles. The van der Waals surface area contributed by atoms with E-state index in [1.54, 1.807) is 19.0 Å². The SMILES string of the molecule is C=CC(=O)OCCN(CC)CC.CCCC=C(C)C(=O)N(C)C. The van der Waals surface area contributed by atoms with Gasteiger partial charge in [-0.2, -0.15) is 0 Å². The minimum Gasteiger partial charge on any atom is -0.461 e. The van der Waals surface area contributed by atoms with E-state index in [1.165, 1.54) is 6.08 Å². The summed E-state index contributed by atoms with van der Waals surface area (Å²) >= 11 is 0. The van der Waals surface area contributed by atoms with Gasteiger partial charge in [-0.1, -0.05) is 39.8 Å². The number of nitrogens with zero attached hydrogens (tertiary/aromatic N) is 2. The van der Waals surface area contributed by atoms with Gasteiger partial charge in [0.05, 0.1) is 0 Å². The van der Waals surface area contributed by atoms with Crippen molar-refractivity contribution in [3.05, 3.63) is 24.3 Å². The molecule has 134 valence electrons. The molecular weight excluding hydrogens is 292 g/mol. The molecule has 0 atom stereocenters. The van der Waals surface area contributed by atoms with Gasteiger partial charge in [0, 0.05) is 32.3 Å². The number of esters is 1. The second-order valence-electron chi connectivity index (χ2n) is 5.27. The number of rotatable bonds is 9. The number of amides is 1. The minimum atomic E-state index is -0.345. The molecule has 0 saturated carbocycles. The summed E-state index contributed by atoms with van der Waals surface area (Å²) in [6, 6.07) is 0. The zero-order chi connectivity index (χ0) is 18.3. The van der Waals surface area contributed by atoms with Gasteiger partial charge in [-0.25, -0.2) is 4.79 Å². The fourth-order valence-corrected chi connectivity index (χ4v) is 1.67. The van der Waals surface area contributed by atoms with Gasteiger partial charge in [-0.05, 0) is 26.4 Å². The van der Waals surface area contributed by atoms with Crippen LogP contribution in [0.5, 0.6) is 0 Å². The molecule has 5 heteroatoms. The highest BCUT2D eigenvalue weighted by Gasteiger charge is 2.04. The van der Waals surface area contributed by atoms with Gasteiger partial charge < -0.3 is 14.5 Å². The fraction of sp³-hybridized carbons (Fsp3) is 0.667. The van der Waals surface area contributed by atoms with Gasteiger partial charge in [0.15, 0.2) is 0 Å². The smallest absolute Gasteiger partial charge is 0.330 e. The largest absolute Gasteiger partial charge is 0.461 e. The Labute approximate surface area is 142 Å². The van der Waals surface area contributed by atoms with E-state index < -0.39 is 0 Å². The molecule has 0 unspecified atom stereocenters. The van der Waals surface area contributed by atoms with Gasteiger partial charge in [-0.15, -0.1) is 0 Å². The van der Waals surface area contributed by atoms with Crippen molar-refractivity contribution in [3.63, 3.8) is 0 Å². The average Bonchev–Trinajstić information content (AvgIpc) is 2.55. The maximum Gasteiger partial charge on any atom is 0.330 e. The lowest BCUT2D eigenvalue weighted by molar-refractivity contribution is -0.138. The predicted octanol–water partition coefficient (Wildman–Crippen LogP) is 2.88. The summed E-state index contributed by atoms with van der Waals surface area (Å²) in [6.07, 6.45) is 5.26. The fourth-order valence-electron chi connectivity index (χ4n) is 1.67. The van der Waals surface area contributed by atoms with Crippen LogP contribution in [0.15, 0.2) is 24.3 Å². The first-order valence-electron chi connectivity index (χ1n) is 8.23. The maximum atomic E-state index is 11.2. The number of ether oxygens (including phenoxy) is 1. The van der Waals surface area contributed by atoms with Crippen molar-refractivity contribution in [3.8, 4) is 0 Å². The van der Waals surface area contributed by atoms with E-state index in [2.05, 4.69) is 32.3 Å². The van der Waals surface area contributed by atoms with Crippen LogP contribution in [0.3, 0.4) is 0 Å². The van der Waals surface area contributed by atoms with Crippen LogP contribution in [0.4, 0.5) is 0 Å². The lowest BCUT2D eigenvalue weighted by Crippen LogP contribution is -2.27. The monoisotopic (exact) mass is 326 g/mol. The summed E-state index contributed by atoms with van der Waals surface area (Å²) in [5, 5.41) is 0. The van der Waals surface area contributed by atoms with Crippen LogP contribution in [0.1, 0.15) is 40.5 Å². The average molecular weight is 326 g/mol. The van der Waals surface area contributed by atoms with Crippen molar-refractivity contribution in [2.24, 2.45) is 0 Å². The van der Waals surface area contributed by atoms with Gasteiger partial charge in [0.25, 0.3) is 0 Å². The van der Waals surface area contributed by atoms with Crippen LogP contribution >= 0.6 is 0 Å². The van der Waals surface area contributed by atoms with E-state index in [1.807, 2.05) is 13.0 Å². The molecule has 0 aromatic heterocycles. The molecule has 0 saturated heterocycles. The Hall–Kier alpha value is -1.62. The van der Waals surface area contributed by atoms with E-state index in [-0.39, 0.29) is 11.9 Å². The van der Waals surface area contributed by atoms with Crippen molar-refractivity contribution in [2.75, 3.05) is 40.3 Å². The topological polar surface area (TPSA) is 49.9 Å². The highest BCUT2D eigenvalue weighted by Crippen LogP contribution is 2.00. The van der Waals surface area contributed by atoms with Gasteiger partial charge in [0.1, 0.15) is 6.61 Å². The maximum absolute atomic E-state index is 11.2. The molecular formula is C18H34N2O3. The molecule has 23 heavy (non-hydrogen) atoms. The minimum absolute atomic E-state index is 0.110. The molecule has 0 N–H and O–H groups in total. The Morgan fingerprint density at radius 1 is 1.13 bits per heavy atom. The molecule has 1 amide bonds. The number of likely N-dealkylation sites (N-methyl/N-ethyl adjacent to an activating group) is 2. The zero-order valence-electron chi connectivity index (χ0n) is 15.7. The number of unbranched alkanes of at least 4 members (excludes halogenated alkanes) is 1. The quantitative estimate of drug-likeness (QED) is 0.483. The van der Waals surface area contributed by atoms with Crippen molar-refractivity contribution < 1.29 is 14.3 Å². The summed E-state index contributed by atoms with van der Waals surface area (Å²) in [5.41, 5.74) is 0.844. The number of allylic oxidation sites excluding steroid dienone is 1. The van der Waals surface area contributed by atoms with Gasteiger partial charge in [0.2, 0.25) is 5.91 Å². The molecule has 0 fully saturated rings. The molecule has 0 aliphatic heterocycles. The second kappa shape index (κ2) is 15.3. The molecule has 0 heterocycles. The van der Waals surface area contributed by atoms with Crippen molar-refractivity contribution in [1.29, 1.82) is 0 Å². The lowest BCUT2D eigenvalue weighted by Gasteiger charge is -2.16. The zero-order valence-corrected chi connectivity index (χ0v) is 15.7. The van der Waals surface area contributed by atoms with Crippen LogP contribution in [-0.2, 0) is 14.3 Å². The molecule has 0 bridgehead atoms. The lowest BCUT2D eigenvalue weighted by atomic mass is 10.2. The third kappa shape index (κ3) is 13.7. The molecule has 0 aromatic carbocycles. The number of carbonyl (C=O) groups excluding carboxylic acids is 2. The van der Waals surface area contributed by atoms with E-state index in [4.69, 9.17) is 4.74 Å². The normalized spacial score (nSPS) is 10.7. The molecule has 0 spiro atoms. The van der Waals surface area contributed by atoms with E-state index in [0.717, 1.165) is 38.0 Å². The molecule has 0 radical (unpaired) electrons. The van der Waals surface area contributed by atoms with Crippen molar-refractivity contribution in [1.82, 2.24) is 9.80 Å². The Kier molecular flexibility index (Phi) is 15.7. The molecule has 0 aliphatic rings. The van der Waals surface area contributed by atoms with Crippen LogP contribution in [0.2, 0.25) is 0 Å². The molecule has 5 nitrogen and oxygen atoms in total. The Balaban J connectivity index is 0. The summed E-state index contributed by atoms with van der Waals surface area (Å²) in [7, 11) is 3.54. The first kappa shape index (κ1) is 23.6. The Morgan fingerprint density at radius 2 is 1.70 bits per heavy atom. The standard InChI is InChI=1S/C9H17NO2.C9H17NO/c1-4-9(11)12-8-7-10(5-2)6-3;1-5-6-7-8(2)9(11)10(3)4/h4H,1,5-8H2,2-3H3;7H,5-6H2,1-4H3. The Morgan fingerprint density at radius 3 is 2.09 bits per heavy atom. The van der Waals surface area contributed by atoms with Crippen LogP contribution in [0.25, 0.3) is 0 Å². The second-order valence-corrected chi connectivity index (χ2v) is 5.27. The van der Waals surface area contributed by atoms with Gasteiger partial charge >= 0.3 is 5.97 Å². The van der Waals surface area contributed by atoms with Crippen LogP contribution in [0, 0.1) is 0 Å². The Bertz CT molecular complexity index is 372. The number of hydrogen-bond donors (Lipinski definition) is 0. The van der Waals surface area contributed by atoms with E-state index in [9.17, 15) is 9.59 Å². The summed E-state index contributed by atoms with van der Waals surface area (Å²) in [4.78, 5) is 25.6. The highest BCUT2D eigenvalue weighted by molar-refractivity contribution is 5.92. The number of carbonyl (C=O) groups is 2. The van der Waals surface area contributed by atoms with Gasteiger partial charge in [-0.3, -0.25) is 4.79 Å². The van der Waals surface area contributed by atoms with Crippen LogP contribution < -0.4 is 0 Å². The first-order chi connectivity index (χ1) is 10.8. The summed E-state index contributed by atoms with van der Waals surface area (Å²) in [6.45, 7) is 14.7. The molecule has 0 rings (SSSR count). The van der Waals surface area contributed by atoms with Crippen molar-refractivity contribution >= 4 is 11.9 Å². The number of hydrogen-bond acceptors (Lipinski definition) is 4. The van der Waals surface area contributed by atoms with E-state index >= 15 is 0 Å². The summed E-state index contributed by atoms with van der Waals surface area (Å²) < 4.78 is 4.83. The predicted molar refractivity (Wildman–Crippen MR) is 96.3 cm³/mol. The third-order valence-electron chi connectivity index (χ3n) is 3.20. The first-order valence-corrected chi connectivity index (χ1v) is 8.23. The molecule has 0 aromatic rings. The van der Waals surface area contributed by atoms with Crippen molar-refractivity contribution in [2.45, 2.75) is 40.5 Å². The summed E-state index contributed by atoms with van der Waals surface area (Å²) in [5.74, 6) is -0.236. The highest BCUT2D eigenvalue weighted by atomic mass is 16.5. The third-order valence-corrected chi connectivity index (χ3v) is 3.20. The van der Waals surface area contributed by atoms with Crippen LogP contribution in [-0.4, -0.2) is 62.0 Å². The van der Waals surface area contributed by atoms with E-state index in [0.29, 0.717) is 6.61 Å².